The van der Waals surface area contributed by atoms with E-state index in [1.165, 1.54) is 0 Å². The Morgan fingerprint density at radius 1 is 1.05 bits per heavy atom. The summed E-state index contributed by atoms with van der Waals surface area (Å²) in [7, 11) is 0. The van der Waals surface area contributed by atoms with Crippen molar-refractivity contribution in [3.05, 3.63) is 65.5 Å². The Morgan fingerprint density at radius 2 is 1.89 bits per heavy atom. The predicted molar refractivity (Wildman–Crippen MR) is 81.1 cm³/mol. The summed E-state index contributed by atoms with van der Waals surface area (Å²) in [5.41, 5.74) is 9.73. The molecule has 0 aliphatic carbocycles. The van der Waals surface area contributed by atoms with Gasteiger partial charge in [0.15, 0.2) is 0 Å². The molecule has 0 saturated heterocycles. The van der Waals surface area contributed by atoms with Crippen molar-refractivity contribution in [1.29, 1.82) is 0 Å². The SMILES string of the molecule is Nc1cccc(-n2cncc2-c2cccc(Br)c2)c1. The zero-order valence-electron chi connectivity index (χ0n) is 10.1. The van der Waals surface area contributed by atoms with Gasteiger partial charge in [-0.15, -0.1) is 0 Å². The van der Waals surface area contributed by atoms with Crippen LogP contribution >= 0.6 is 15.9 Å². The molecule has 94 valence electrons. The molecular formula is C15H12BrN3. The second-order valence-corrected chi connectivity index (χ2v) is 5.17. The first-order valence-corrected chi connectivity index (χ1v) is 6.67. The van der Waals surface area contributed by atoms with E-state index in [1.807, 2.05) is 47.2 Å². The lowest BCUT2D eigenvalue weighted by Crippen LogP contribution is -1.96. The van der Waals surface area contributed by atoms with E-state index >= 15 is 0 Å². The summed E-state index contributed by atoms with van der Waals surface area (Å²) in [6, 6.07) is 15.9. The highest BCUT2D eigenvalue weighted by molar-refractivity contribution is 9.10. The van der Waals surface area contributed by atoms with Crippen molar-refractivity contribution in [2.75, 3.05) is 5.73 Å². The molecule has 0 bridgehead atoms. The number of nitrogens with zero attached hydrogens (tertiary/aromatic N) is 2. The number of rotatable bonds is 2. The van der Waals surface area contributed by atoms with Crippen molar-refractivity contribution in [3.8, 4) is 16.9 Å². The average molecular weight is 314 g/mol. The third-order valence-corrected chi connectivity index (χ3v) is 3.40. The average Bonchev–Trinajstić information content (AvgIpc) is 2.88. The topological polar surface area (TPSA) is 43.8 Å². The van der Waals surface area contributed by atoms with Crippen LogP contribution in [0, 0.1) is 0 Å². The monoisotopic (exact) mass is 313 g/mol. The van der Waals surface area contributed by atoms with Crippen LogP contribution in [0.15, 0.2) is 65.5 Å². The lowest BCUT2D eigenvalue weighted by Gasteiger charge is -2.09. The maximum absolute atomic E-state index is 5.84. The van der Waals surface area contributed by atoms with Crippen molar-refractivity contribution >= 4 is 21.6 Å². The normalized spacial score (nSPS) is 10.6. The number of hydrogen-bond donors (Lipinski definition) is 1. The van der Waals surface area contributed by atoms with Gasteiger partial charge in [-0.3, -0.25) is 4.57 Å². The molecule has 3 aromatic rings. The zero-order valence-corrected chi connectivity index (χ0v) is 11.7. The molecule has 0 saturated carbocycles. The van der Waals surface area contributed by atoms with Crippen molar-refractivity contribution < 1.29 is 0 Å². The van der Waals surface area contributed by atoms with Crippen LogP contribution in [0.2, 0.25) is 0 Å². The van der Waals surface area contributed by atoms with E-state index in [4.69, 9.17) is 5.73 Å². The van der Waals surface area contributed by atoms with Crippen LogP contribution in [0.4, 0.5) is 5.69 Å². The minimum Gasteiger partial charge on any atom is -0.399 e. The minimum absolute atomic E-state index is 0.742. The minimum atomic E-state index is 0.742. The van der Waals surface area contributed by atoms with Gasteiger partial charge in [0.1, 0.15) is 0 Å². The fourth-order valence-corrected chi connectivity index (χ4v) is 2.44. The number of nitrogen functional groups attached to an aromatic ring is 1. The van der Waals surface area contributed by atoms with Gasteiger partial charge in [-0.25, -0.2) is 4.98 Å². The summed E-state index contributed by atoms with van der Waals surface area (Å²) in [5.74, 6) is 0. The molecule has 0 amide bonds. The number of benzene rings is 2. The Balaban J connectivity index is 2.13. The van der Waals surface area contributed by atoms with Crippen molar-refractivity contribution in [2.45, 2.75) is 0 Å². The predicted octanol–water partition coefficient (Wildman–Crippen LogP) is 3.88. The molecule has 0 radical (unpaired) electrons. The first kappa shape index (κ1) is 12.0. The quantitative estimate of drug-likeness (QED) is 0.729. The third-order valence-electron chi connectivity index (χ3n) is 2.91. The van der Waals surface area contributed by atoms with Gasteiger partial charge in [0.2, 0.25) is 0 Å². The summed E-state index contributed by atoms with van der Waals surface area (Å²) in [6.45, 7) is 0. The van der Waals surface area contributed by atoms with Crippen molar-refractivity contribution in [2.24, 2.45) is 0 Å². The Kier molecular flexibility index (Phi) is 3.09. The molecule has 0 fully saturated rings. The van der Waals surface area contributed by atoms with Crippen molar-refractivity contribution in [1.82, 2.24) is 9.55 Å². The third kappa shape index (κ3) is 2.39. The van der Waals surface area contributed by atoms with Gasteiger partial charge in [-0.2, -0.15) is 0 Å². The molecule has 0 unspecified atom stereocenters. The van der Waals surface area contributed by atoms with Crippen LogP contribution in [0.1, 0.15) is 0 Å². The van der Waals surface area contributed by atoms with E-state index in [0.717, 1.165) is 27.1 Å². The fourth-order valence-electron chi connectivity index (χ4n) is 2.04. The first-order chi connectivity index (χ1) is 9.24. The Hall–Kier alpha value is -2.07. The second kappa shape index (κ2) is 4.90. The maximum atomic E-state index is 5.84. The van der Waals surface area contributed by atoms with Gasteiger partial charge in [0.25, 0.3) is 0 Å². The molecule has 19 heavy (non-hydrogen) atoms. The lowest BCUT2D eigenvalue weighted by molar-refractivity contribution is 1.06. The van der Waals surface area contributed by atoms with E-state index in [0.29, 0.717) is 0 Å². The highest BCUT2D eigenvalue weighted by Gasteiger charge is 2.07. The van der Waals surface area contributed by atoms with Gasteiger partial charge < -0.3 is 5.73 Å². The molecule has 4 heteroatoms. The number of hydrogen-bond acceptors (Lipinski definition) is 2. The highest BCUT2D eigenvalue weighted by Crippen LogP contribution is 2.25. The molecule has 2 N–H and O–H groups in total. The summed E-state index contributed by atoms with van der Waals surface area (Å²) >= 11 is 3.49. The molecule has 0 spiro atoms. The second-order valence-electron chi connectivity index (χ2n) is 4.25. The molecule has 3 rings (SSSR count). The van der Waals surface area contributed by atoms with Crippen LogP contribution in [-0.2, 0) is 0 Å². The number of imidazole rings is 1. The Morgan fingerprint density at radius 3 is 2.68 bits per heavy atom. The lowest BCUT2D eigenvalue weighted by atomic mass is 10.1. The number of aromatic nitrogens is 2. The van der Waals surface area contributed by atoms with Crippen LogP contribution in [0.5, 0.6) is 0 Å². The molecule has 0 atom stereocenters. The van der Waals surface area contributed by atoms with Crippen LogP contribution in [0.3, 0.4) is 0 Å². The number of nitrogens with two attached hydrogens (primary N) is 1. The van der Waals surface area contributed by atoms with Crippen LogP contribution in [0.25, 0.3) is 16.9 Å². The van der Waals surface area contributed by atoms with Gasteiger partial charge >= 0.3 is 0 Å². The summed E-state index contributed by atoms with van der Waals surface area (Å²) in [6.07, 6.45) is 3.65. The van der Waals surface area contributed by atoms with Crippen LogP contribution in [-0.4, -0.2) is 9.55 Å². The maximum Gasteiger partial charge on any atom is 0.0997 e. The Labute approximate surface area is 119 Å². The standard InChI is InChI=1S/C15H12BrN3/c16-12-4-1-3-11(7-12)15-9-18-10-19(15)14-6-2-5-13(17)8-14/h1-10H,17H2. The van der Waals surface area contributed by atoms with Gasteiger partial charge in [0, 0.05) is 21.4 Å². The summed E-state index contributed by atoms with van der Waals surface area (Å²) in [4.78, 5) is 4.24. The molecule has 1 heterocycles. The molecular weight excluding hydrogens is 302 g/mol. The smallest absolute Gasteiger partial charge is 0.0997 e. The molecule has 0 aliphatic heterocycles. The van der Waals surface area contributed by atoms with Crippen molar-refractivity contribution in [3.63, 3.8) is 0 Å². The van der Waals surface area contributed by atoms with Gasteiger partial charge in [-0.05, 0) is 30.3 Å². The van der Waals surface area contributed by atoms with Gasteiger partial charge in [-0.1, -0.05) is 34.1 Å². The van der Waals surface area contributed by atoms with E-state index < -0.39 is 0 Å². The number of anilines is 1. The largest absolute Gasteiger partial charge is 0.399 e. The van der Waals surface area contributed by atoms with E-state index in [1.54, 1.807) is 6.33 Å². The zero-order chi connectivity index (χ0) is 13.2. The van der Waals surface area contributed by atoms with Gasteiger partial charge in [0.05, 0.1) is 18.2 Å². The first-order valence-electron chi connectivity index (χ1n) is 5.88. The Bertz CT molecular complexity index is 659. The molecule has 0 aliphatic rings. The molecule has 3 nitrogen and oxygen atoms in total. The van der Waals surface area contributed by atoms with E-state index in [9.17, 15) is 0 Å². The van der Waals surface area contributed by atoms with Crippen LogP contribution < -0.4 is 5.73 Å². The number of halogens is 1. The fraction of sp³-hybridized carbons (Fsp3) is 0. The highest BCUT2D eigenvalue weighted by atomic mass is 79.9. The molecule has 1 aromatic heterocycles. The molecule has 2 aromatic carbocycles. The van der Waals surface area contributed by atoms with E-state index in [-0.39, 0.29) is 0 Å². The van der Waals surface area contributed by atoms with E-state index in [2.05, 4.69) is 33.0 Å². The summed E-state index contributed by atoms with van der Waals surface area (Å²) in [5, 5.41) is 0. The summed E-state index contributed by atoms with van der Waals surface area (Å²) < 4.78 is 3.07.